The number of carbonyl (C=O) groups excluding carboxylic acids is 3. The van der Waals surface area contributed by atoms with E-state index in [1.54, 1.807) is 4.90 Å². The summed E-state index contributed by atoms with van der Waals surface area (Å²) in [5.74, 6) is -2.07. The van der Waals surface area contributed by atoms with E-state index in [0.717, 1.165) is 12.8 Å². The third kappa shape index (κ3) is 2.08. The molecular formula is C11H15NO4. The number of ether oxygens (including phenoxy) is 1. The van der Waals surface area contributed by atoms with Crippen molar-refractivity contribution in [2.45, 2.75) is 19.3 Å². The number of methoxy groups -OCH3 is 1. The van der Waals surface area contributed by atoms with Gasteiger partial charge in [-0.1, -0.05) is 0 Å². The van der Waals surface area contributed by atoms with Gasteiger partial charge in [0.1, 0.15) is 0 Å². The van der Waals surface area contributed by atoms with Crippen molar-refractivity contribution in [2.24, 2.45) is 11.8 Å². The van der Waals surface area contributed by atoms with Crippen molar-refractivity contribution in [1.82, 2.24) is 4.90 Å². The van der Waals surface area contributed by atoms with Gasteiger partial charge in [-0.15, -0.1) is 0 Å². The number of ketones is 1. The first-order valence-electron chi connectivity index (χ1n) is 5.53. The van der Waals surface area contributed by atoms with Crippen LogP contribution in [-0.4, -0.2) is 42.8 Å². The molecule has 1 saturated carbocycles. The number of piperidine rings is 1. The van der Waals surface area contributed by atoms with Crippen molar-refractivity contribution in [3.8, 4) is 0 Å². The second-order valence-electron chi connectivity index (χ2n) is 4.40. The number of nitrogens with zero attached hydrogens (tertiary/aromatic N) is 1. The Labute approximate surface area is 93.7 Å². The van der Waals surface area contributed by atoms with Gasteiger partial charge in [0.05, 0.1) is 7.11 Å². The molecular weight excluding hydrogens is 210 g/mol. The lowest BCUT2D eigenvalue weighted by Gasteiger charge is -2.30. The maximum atomic E-state index is 11.9. The summed E-state index contributed by atoms with van der Waals surface area (Å²) in [5, 5.41) is 0. The molecule has 0 aromatic heterocycles. The van der Waals surface area contributed by atoms with Gasteiger partial charge in [0.25, 0.3) is 0 Å². The summed E-state index contributed by atoms with van der Waals surface area (Å²) in [4.78, 5) is 36.4. The Balaban J connectivity index is 2.06. The minimum Gasteiger partial charge on any atom is -0.468 e. The van der Waals surface area contributed by atoms with Crippen LogP contribution in [0.4, 0.5) is 0 Å². The SMILES string of the molecule is COC(=O)C1C(=O)CCN(CC2CC2)C1=O. The third-order valence-corrected chi connectivity index (χ3v) is 3.12. The highest BCUT2D eigenvalue weighted by Crippen LogP contribution is 2.31. The minimum absolute atomic E-state index is 0.262. The average molecular weight is 225 g/mol. The zero-order valence-corrected chi connectivity index (χ0v) is 9.27. The quantitative estimate of drug-likeness (QED) is 0.500. The predicted molar refractivity (Wildman–Crippen MR) is 54.4 cm³/mol. The fraction of sp³-hybridized carbons (Fsp3) is 0.727. The molecule has 5 heteroatoms. The lowest BCUT2D eigenvalue weighted by Crippen LogP contribution is -2.50. The monoisotopic (exact) mass is 225 g/mol. The minimum atomic E-state index is -1.21. The number of carbonyl (C=O) groups is 3. The molecule has 0 radical (unpaired) electrons. The Bertz CT molecular complexity index is 327. The molecule has 2 fully saturated rings. The molecule has 0 bridgehead atoms. The molecule has 2 aliphatic rings. The number of hydrogen-bond donors (Lipinski definition) is 0. The Morgan fingerprint density at radius 2 is 2.12 bits per heavy atom. The van der Waals surface area contributed by atoms with Crippen molar-refractivity contribution < 1.29 is 19.1 Å². The Hall–Kier alpha value is -1.39. The van der Waals surface area contributed by atoms with E-state index in [-0.39, 0.29) is 18.1 Å². The van der Waals surface area contributed by atoms with Crippen LogP contribution in [0.5, 0.6) is 0 Å². The Morgan fingerprint density at radius 1 is 1.44 bits per heavy atom. The van der Waals surface area contributed by atoms with Crippen LogP contribution in [0.1, 0.15) is 19.3 Å². The summed E-state index contributed by atoms with van der Waals surface area (Å²) in [6.07, 6.45) is 2.54. The van der Waals surface area contributed by atoms with Gasteiger partial charge in [-0.2, -0.15) is 0 Å². The van der Waals surface area contributed by atoms with E-state index in [0.29, 0.717) is 19.0 Å². The average Bonchev–Trinajstić information content (AvgIpc) is 3.06. The molecule has 5 nitrogen and oxygen atoms in total. The number of amides is 1. The van der Waals surface area contributed by atoms with Gasteiger partial charge in [-0.25, -0.2) is 0 Å². The van der Waals surface area contributed by atoms with E-state index in [4.69, 9.17) is 0 Å². The first-order valence-corrected chi connectivity index (χ1v) is 5.53. The van der Waals surface area contributed by atoms with Gasteiger partial charge in [0.15, 0.2) is 11.7 Å². The summed E-state index contributed by atoms with van der Waals surface area (Å²) in [6, 6.07) is 0. The van der Waals surface area contributed by atoms with Crippen LogP contribution in [0.25, 0.3) is 0 Å². The largest absolute Gasteiger partial charge is 0.468 e. The molecule has 0 aromatic carbocycles. The van der Waals surface area contributed by atoms with Gasteiger partial charge in [-0.05, 0) is 18.8 Å². The summed E-state index contributed by atoms with van der Waals surface area (Å²) in [6.45, 7) is 1.13. The van der Waals surface area contributed by atoms with Gasteiger partial charge in [-0.3, -0.25) is 14.4 Å². The molecule has 1 aliphatic heterocycles. The van der Waals surface area contributed by atoms with Crippen molar-refractivity contribution >= 4 is 17.7 Å². The van der Waals surface area contributed by atoms with E-state index >= 15 is 0 Å². The Morgan fingerprint density at radius 3 is 2.69 bits per heavy atom. The highest BCUT2D eigenvalue weighted by Gasteiger charge is 2.42. The maximum Gasteiger partial charge on any atom is 0.325 e. The smallest absolute Gasteiger partial charge is 0.325 e. The Kier molecular flexibility index (Phi) is 2.94. The molecule has 0 spiro atoms. The summed E-state index contributed by atoms with van der Waals surface area (Å²) in [5.41, 5.74) is 0. The fourth-order valence-corrected chi connectivity index (χ4v) is 1.96. The summed E-state index contributed by atoms with van der Waals surface area (Å²) >= 11 is 0. The first-order chi connectivity index (χ1) is 7.63. The molecule has 1 amide bonds. The molecule has 1 aliphatic carbocycles. The van der Waals surface area contributed by atoms with Gasteiger partial charge < -0.3 is 9.64 Å². The van der Waals surface area contributed by atoms with Crippen molar-refractivity contribution in [2.75, 3.05) is 20.2 Å². The standard InChI is InChI=1S/C11H15NO4/c1-16-11(15)9-8(13)4-5-12(10(9)14)6-7-2-3-7/h7,9H,2-6H2,1H3. The second kappa shape index (κ2) is 4.23. The van der Waals surface area contributed by atoms with Crippen LogP contribution in [0.2, 0.25) is 0 Å². The van der Waals surface area contributed by atoms with Crippen LogP contribution in [0.15, 0.2) is 0 Å². The normalized spacial score (nSPS) is 25.8. The summed E-state index contributed by atoms with van der Waals surface area (Å²) in [7, 11) is 1.20. The van der Waals surface area contributed by atoms with Crippen LogP contribution < -0.4 is 0 Å². The van der Waals surface area contributed by atoms with E-state index in [9.17, 15) is 14.4 Å². The van der Waals surface area contributed by atoms with Crippen molar-refractivity contribution in [1.29, 1.82) is 0 Å². The number of hydrogen-bond acceptors (Lipinski definition) is 4. The number of likely N-dealkylation sites (tertiary alicyclic amines) is 1. The van der Waals surface area contributed by atoms with E-state index < -0.39 is 11.9 Å². The molecule has 1 atom stereocenters. The molecule has 1 unspecified atom stereocenters. The number of rotatable bonds is 3. The van der Waals surface area contributed by atoms with Crippen LogP contribution in [0.3, 0.4) is 0 Å². The lowest BCUT2D eigenvalue weighted by molar-refractivity contribution is -0.159. The fourth-order valence-electron chi connectivity index (χ4n) is 1.96. The predicted octanol–water partition coefficient (Wildman–Crippen LogP) is -0.0130. The number of esters is 1. The zero-order chi connectivity index (χ0) is 11.7. The van der Waals surface area contributed by atoms with E-state index in [1.165, 1.54) is 7.11 Å². The molecule has 16 heavy (non-hydrogen) atoms. The van der Waals surface area contributed by atoms with Crippen LogP contribution in [0, 0.1) is 11.8 Å². The molecule has 88 valence electrons. The first kappa shape index (κ1) is 11.1. The number of Topliss-reactive ketones (excluding diaryl/α,β-unsaturated/α-hetero) is 1. The molecule has 2 rings (SSSR count). The van der Waals surface area contributed by atoms with Crippen molar-refractivity contribution in [3.05, 3.63) is 0 Å². The van der Waals surface area contributed by atoms with Gasteiger partial charge >= 0.3 is 5.97 Å². The molecule has 0 N–H and O–H groups in total. The maximum absolute atomic E-state index is 11.9. The van der Waals surface area contributed by atoms with Crippen LogP contribution in [-0.2, 0) is 19.1 Å². The van der Waals surface area contributed by atoms with Crippen LogP contribution >= 0.6 is 0 Å². The highest BCUT2D eigenvalue weighted by atomic mass is 16.5. The second-order valence-corrected chi connectivity index (χ2v) is 4.40. The third-order valence-electron chi connectivity index (χ3n) is 3.12. The van der Waals surface area contributed by atoms with Gasteiger partial charge in [0.2, 0.25) is 5.91 Å². The van der Waals surface area contributed by atoms with Crippen molar-refractivity contribution in [3.63, 3.8) is 0 Å². The molecule has 1 heterocycles. The topological polar surface area (TPSA) is 63.7 Å². The van der Waals surface area contributed by atoms with E-state index in [1.807, 2.05) is 0 Å². The molecule has 1 saturated heterocycles. The van der Waals surface area contributed by atoms with Gasteiger partial charge in [0, 0.05) is 19.5 Å². The zero-order valence-electron chi connectivity index (χ0n) is 9.27. The lowest BCUT2D eigenvalue weighted by atomic mass is 9.95. The molecule has 0 aromatic rings. The van der Waals surface area contributed by atoms with E-state index in [2.05, 4.69) is 4.74 Å². The summed E-state index contributed by atoms with van der Waals surface area (Å²) < 4.78 is 4.49. The highest BCUT2D eigenvalue weighted by molar-refractivity contribution is 6.17.